The van der Waals surface area contributed by atoms with Crippen molar-refractivity contribution in [1.29, 1.82) is 0 Å². The van der Waals surface area contributed by atoms with Crippen LogP contribution in [-0.4, -0.2) is 38.7 Å². The third-order valence-electron chi connectivity index (χ3n) is 4.45. The van der Waals surface area contributed by atoms with Gasteiger partial charge in [0.1, 0.15) is 0 Å². The molecule has 3 N–H and O–H groups in total. The summed E-state index contributed by atoms with van der Waals surface area (Å²) in [6.07, 6.45) is -0.310. The van der Waals surface area contributed by atoms with Crippen molar-refractivity contribution in [3.05, 3.63) is 0 Å². The molecule has 1 aliphatic rings. The molecule has 0 aromatic heterocycles. The average molecular weight is 322 g/mol. The van der Waals surface area contributed by atoms with E-state index in [1.165, 1.54) is 0 Å². The number of ether oxygens (including phenoxy) is 1. The Labute approximate surface area is 124 Å². The van der Waals surface area contributed by atoms with E-state index in [0.717, 1.165) is 7.11 Å². The first-order valence-electron chi connectivity index (χ1n) is 6.62. The van der Waals surface area contributed by atoms with E-state index in [9.17, 15) is 23.1 Å². The first kappa shape index (κ1) is 17.7. The maximum atomic E-state index is 11.8. The molecular formula is C12H22N2O6S. The zero-order valence-corrected chi connectivity index (χ0v) is 13.4. The monoisotopic (exact) mass is 322 g/mol. The summed E-state index contributed by atoms with van der Waals surface area (Å²) in [4.78, 5) is 22.3. The predicted molar refractivity (Wildman–Crippen MR) is 74.7 cm³/mol. The lowest BCUT2D eigenvalue weighted by atomic mass is 9.61. The van der Waals surface area contributed by atoms with E-state index in [1.807, 2.05) is 13.8 Å². The number of amides is 1. The number of nitrogens with one attached hydrogen (secondary N) is 2. The van der Waals surface area contributed by atoms with Gasteiger partial charge in [-0.05, 0) is 24.2 Å². The largest absolute Gasteiger partial charge is 0.481 e. The SMILES string of the molecule is COC(=O)NS(=O)(=O)NC1CCC(C(=O)O)C(C)(C)C1C. The van der Waals surface area contributed by atoms with Crippen molar-refractivity contribution in [2.24, 2.45) is 17.3 Å². The Morgan fingerprint density at radius 1 is 1.29 bits per heavy atom. The molecule has 3 unspecified atom stereocenters. The smallest absolute Gasteiger partial charge is 0.421 e. The lowest BCUT2D eigenvalue weighted by Crippen LogP contribution is -2.54. The zero-order valence-electron chi connectivity index (χ0n) is 12.5. The summed E-state index contributed by atoms with van der Waals surface area (Å²) >= 11 is 0. The van der Waals surface area contributed by atoms with Crippen molar-refractivity contribution in [2.75, 3.05) is 7.11 Å². The molecule has 0 saturated heterocycles. The van der Waals surface area contributed by atoms with Crippen LogP contribution in [-0.2, 0) is 19.7 Å². The molecular weight excluding hydrogens is 300 g/mol. The predicted octanol–water partition coefficient (Wildman–Crippen LogP) is 0.702. The topological polar surface area (TPSA) is 122 Å². The first-order chi connectivity index (χ1) is 9.51. The molecule has 21 heavy (non-hydrogen) atoms. The van der Waals surface area contributed by atoms with Gasteiger partial charge in [0, 0.05) is 6.04 Å². The van der Waals surface area contributed by atoms with Crippen LogP contribution in [0.5, 0.6) is 0 Å². The number of aliphatic carboxylic acids is 1. The summed E-state index contributed by atoms with van der Waals surface area (Å²) in [5, 5.41) is 9.25. The molecule has 0 radical (unpaired) electrons. The summed E-state index contributed by atoms with van der Waals surface area (Å²) in [6.45, 7) is 5.43. The van der Waals surface area contributed by atoms with Crippen molar-refractivity contribution < 1.29 is 27.9 Å². The number of carbonyl (C=O) groups excluding carboxylic acids is 1. The van der Waals surface area contributed by atoms with Gasteiger partial charge < -0.3 is 9.84 Å². The van der Waals surface area contributed by atoms with E-state index in [0.29, 0.717) is 12.8 Å². The standard InChI is InChI=1S/C12H22N2O6S/c1-7-9(13-21(18,19)14-11(17)20-4)6-5-8(10(15)16)12(7,2)3/h7-9,13H,5-6H2,1-4H3,(H,14,17)(H,15,16). The van der Waals surface area contributed by atoms with Crippen LogP contribution in [0.4, 0.5) is 4.79 Å². The maximum absolute atomic E-state index is 11.8. The van der Waals surface area contributed by atoms with Crippen molar-refractivity contribution >= 4 is 22.3 Å². The van der Waals surface area contributed by atoms with Gasteiger partial charge in [-0.3, -0.25) is 4.79 Å². The Balaban J connectivity index is 2.83. The summed E-state index contributed by atoms with van der Waals surface area (Å²) in [5.74, 6) is -1.61. The lowest BCUT2D eigenvalue weighted by molar-refractivity contribution is -0.150. The fraction of sp³-hybridized carbons (Fsp3) is 0.833. The van der Waals surface area contributed by atoms with Crippen LogP contribution in [0.1, 0.15) is 33.6 Å². The highest BCUT2D eigenvalue weighted by Crippen LogP contribution is 2.45. The quantitative estimate of drug-likeness (QED) is 0.700. The van der Waals surface area contributed by atoms with Gasteiger partial charge in [0.15, 0.2) is 0 Å². The molecule has 122 valence electrons. The molecule has 0 aromatic rings. The molecule has 0 bridgehead atoms. The number of carboxylic acid groups (broad SMARTS) is 1. The molecule has 1 fully saturated rings. The van der Waals surface area contributed by atoms with Gasteiger partial charge in [-0.1, -0.05) is 20.8 Å². The average Bonchev–Trinajstić information content (AvgIpc) is 2.33. The Morgan fingerprint density at radius 2 is 1.86 bits per heavy atom. The number of hydrogen-bond acceptors (Lipinski definition) is 5. The molecule has 1 rings (SSSR count). The van der Waals surface area contributed by atoms with Crippen LogP contribution in [0.25, 0.3) is 0 Å². The molecule has 0 heterocycles. The van der Waals surface area contributed by atoms with Gasteiger partial charge in [-0.15, -0.1) is 0 Å². The minimum Gasteiger partial charge on any atom is -0.481 e. The number of hydrogen-bond donors (Lipinski definition) is 3. The van der Waals surface area contributed by atoms with E-state index in [-0.39, 0.29) is 5.92 Å². The van der Waals surface area contributed by atoms with Crippen LogP contribution < -0.4 is 9.44 Å². The van der Waals surface area contributed by atoms with Gasteiger partial charge in [0.2, 0.25) is 0 Å². The minimum absolute atomic E-state index is 0.207. The summed E-state index contributed by atoms with van der Waals surface area (Å²) in [5.41, 5.74) is -0.567. The molecule has 1 aliphatic carbocycles. The Hall–Kier alpha value is -1.35. The van der Waals surface area contributed by atoms with Crippen molar-refractivity contribution in [2.45, 2.75) is 39.7 Å². The van der Waals surface area contributed by atoms with Crippen molar-refractivity contribution in [3.8, 4) is 0 Å². The molecule has 0 aliphatic heterocycles. The number of carboxylic acids is 1. The van der Waals surface area contributed by atoms with E-state index in [4.69, 9.17) is 0 Å². The third kappa shape index (κ3) is 4.07. The van der Waals surface area contributed by atoms with Crippen LogP contribution >= 0.6 is 0 Å². The Kier molecular flexibility index (Phi) is 5.21. The Bertz CT molecular complexity index is 516. The van der Waals surface area contributed by atoms with E-state index >= 15 is 0 Å². The second-order valence-electron chi connectivity index (χ2n) is 5.90. The summed E-state index contributed by atoms with van der Waals surface area (Å²) in [6, 6.07) is -0.447. The van der Waals surface area contributed by atoms with Crippen molar-refractivity contribution in [1.82, 2.24) is 9.44 Å². The normalized spacial score (nSPS) is 28.7. The summed E-state index contributed by atoms with van der Waals surface area (Å²) in [7, 11) is -2.97. The van der Waals surface area contributed by atoms with E-state index < -0.39 is 39.6 Å². The van der Waals surface area contributed by atoms with Gasteiger partial charge >= 0.3 is 22.3 Å². The van der Waals surface area contributed by atoms with Gasteiger partial charge in [-0.2, -0.15) is 13.1 Å². The fourth-order valence-electron chi connectivity index (χ4n) is 2.79. The molecule has 3 atom stereocenters. The maximum Gasteiger partial charge on any atom is 0.421 e. The third-order valence-corrected chi connectivity index (χ3v) is 5.50. The van der Waals surface area contributed by atoms with Crippen LogP contribution in [0, 0.1) is 17.3 Å². The Morgan fingerprint density at radius 3 is 2.33 bits per heavy atom. The van der Waals surface area contributed by atoms with Gasteiger partial charge in [0.05, 0.1) is 13.0 Å². The summed E-state index contributed by atoms with van der Waals surface area (Å²) < 4.78 is 32.0. The highest BCUT2D eigenvalue weighted by atomic mass is 32.2. The van der Waals surface area contributed by atoms with Crippen molar-refractivity contribution in [3.63, 3.8) is 0 Å². The molecule has 0 spiro atoms. The fourth-order valence-corrected chi connectivity index (χ4v) is 3.87. The number of carbonyl (C=O) groups is 2. The second kappa shape index (κ2) is 6.18. The van der Waals surface area contributed by atoms with Crippen LogP contribution in [0.3, 0.4) is 0 Å². The lowest BCUT2D eigenvalue weighted by Gasteiger charge is -2.46. The van der Waals surface area contributed by atoms with E-state index in [2.05, 4.69) is 9.46 Å². The minimum atomic E-state index is -4.04. The van der Waals surface area contributed by atoms with Crippen LogP contribution in [0.2, 0.25) is 0 Å². The first-order valence-corrected chi connectivity index (χ1v) is 8.10. The number of rotatable bonds is 4. The molecule has 8 nitrogen and oxygen atoms in total. The van der Waals surface area contributed by atoms with Crippen LogP contribution in [0.15, 0.2) is 0 Å². The van der Waals surface area contributed by atoms with Gasteiger partial charge in [0.25, 0.3) is 0 Å². The molecule has 1 amide bonds. The zero-order chi connectivity index (χ0) is 16.4. The molecule has 9 heteroatoms. The highest BCUT2D eigenvalue weighted by Gasteiger charge is 2.47. The van der Waals surface area contributed by atoms with Gasteiger partial charge in [-0.25, -0.2) is 9.52 Å². The van der Waals surface area contributed by atoms with E-state index in [1.54, 1.807) is 11.6 Å². The second-order valence-corrected chi connectivity index (χ2v) is 7.35. The highest BCUT2D eigenvalue weighted by molar-refractivity contribution is 7.88. The molecule has 0 aromatic carbocycles. The molecule has 1 saturated carbocycles. The number of methoxy groups -OCH3 is 1.